The molecule has 0 bridgehead atoms. The molecule has 0 saturated carbocycles. The Bertz CT molecular complexity index is 616. The van der Waals surface area contributed by atoms with Crippen LogP contribution in [-0.2, 0) is 18.9 Å². The molecule has 2 aliphatic heterocycles. The van der Waals surface area contributed by atoms with Crippen LogP contribution in [0.25, 0.3) is 0 Å². The summed E-state index contributed by atoms with van der Waals surface area (Å²) in [6.07, 6.45) is 0.490. The van der Waals surface area contributed by atoms with Crippen molar-refractivity contribution in [1.82, 2.24) is 0 Å². The van der Waals surface area contributed by atoms with Crippen molar-refractivity contribution in [3.05, 3.63) is 29.8 Å². The van der Waals surface area contributed by atoms with Gasteiger partial charge in [-0.05, 0) is 51.3 Å². The maximum absolute atomic E-state index is 12.5. The molecule has 0 spiro atoms. The Morgan fingerprint density at radius 1 is 1.16 bits per heavy atom. The SMILES string of the molecule is COc1ccc(C(=O)O[C@@H]2[C@H]3OC(C)(C)O[C@H]3[C@@H](SC)O[C@H]2C)cc1. The van der Waals surface area contributed by atoms with Gasteiger partial charge >= 0.3 is 5.97 Å². The summed E-state index contributed by atoms with van der Waals surface area (Å²) in [6.45, 7) is 5.60. The van der Waals surface area contributed by atoms with Gasteiger partial charge in [0.2, 0.25) is 0 Å². The summed E-state index contributed by atoms with van der Waals surface area (Å²) < 4.78 is 28.8. The van der Waals surface area contributed by atoms with E-state index < -0.39 is 17.9 Å². The molecule has 138 valence electrons. The van der Waals surface area contributed by atoms with Crippen LogP contribution in [0.15, 0.2) is 24.3 Å². The molecule has 0 amide bonds. The molecule has 0 aromatic heterocycles. The Labute approximate surface area is 152 Å². The van der Waals surface area contributed by atoms with Gasteiger partial charge in [-0.25, -0.2) is 4.79 Å². The van der Waals surface area contributed by atoms with Gasteiger partial charge in [0.15, 0.2) is 11.9 Å². The number of benzene rings is 1. The molecule has 0 unspecified atom stereocenters. The highest BCUT2D eigenvalue weighted by atomic mass is 32.2. The van der Waals surface area contributed by atoms with Crippen molar-refractivity contribution in [2.75, 3.05) is 13.4 Å². The van der Waals surface area contributed by atoms with E-state index in [4.69, 9.17) is 23.7 Å². The zero-order valence-corrected chi connectivity index (χ0v) is 15.9. The number of fused-ring (bicyclic) bond motifs is 1. The van der Waals surface area contributed by atoms with Crippen LogP contribution >= 0.6 is 11.8 Å². The number of esters is 1. The second-order valence-corrected chi connectivity index (χ2v) is 7.54. The molecule has 1 aromatic carbocycles. The monoisotopic (exact) mass is 368 g/mol. The lowest BCUT2D eigenvalue weighted by Gasteiger charge is -2.39. The van der Waals surface area contributed by atoms with E-state index >= 15 is 0 Å². The van der Waals surface area contributed by atoms with Gasteiger partial charge in [-0.15, -0.1) is 11.8 Å². The molecule has 5 atom stereocenters. The van der Waals surface area contributed by atoms with E-state index in [1.165, 1.54) is 0 Å². The summed E-state index contributed by atoms with van der Waals surface area (Å²) in [6, 6.07) is 6.80. The van der Waals surface area contributed by atoms with Crippen molar-refractivity contribution in [2.24, 2.45) is 0 Å². The predicted octanol–water partition coefficient (Wildman–Crippen LogP) is 2.85. The van der Waals surface area contributed by atoms with Gasteiger partial charge in [-0.1, -0.05) is 0 Å². The number of ether oxygens (including phenoxy) is 5. The standard InChI is InChI=1S/C18H24O6S/c1-10-13(22-16(19)11-6-8-12(20-4)9-7-11)14-15(17(21-10)25-5)24-18(2,3)23-14/h6-10,13-15,17H,1-5H3/t10-,13-,14+,15+,17+/m0/s1. The highest BCUT2D eigenvalue weighted by Crippen LogP contribution is 2.41. The molecule has 2 fully saturated rings. The lowest BCUT2D eigenvalue weighted by molar-refractivity contribution is -0.162. The minimum absolute atomic E-state index is 0.155. The van der Waals surface area contributed by atoms with E-state index in [1.807, 2.05) is 27.0 Å². The Hall–Kier alpha value is -1.28. The predicted molar refractivity (Wildman–Crippen MR) is 93.9 cm³/mol. The summed E-state index contributed by atoms with van der Waals surface area (Å²) in [4.78, 5) is 12.5. The average molecular weight is 368 g/mol. The summed E-state index contributed by atoms with van der Waals surface area (Å²) in [7, 11) is 1.58. The molecule has 6 nitrogen and oxygen atoms in total. The van der Waals surface area contributed by atoms with Gasteiger partial charge in [-0.2, -0.15) is 0 Å². The number of carbonyl (C=O) groups excluding carboxylic acids is 1. The van der Waals surface area contributed by atoms with Gasteiger partial charge in [0.1, 0.15) is 23.4 Å². The van der Waals surface area contributed by atoms with Crippen LogP contribution in [0.1, 0.15) is 31.1 Å². The van der Waals surface area contributed by atoms with Crippen LogP contribution in [0.3, 0.4) is 0 Å². The lowest BCUT2D eigenvalue weighted by atomic mass is 10.0. The molecule has 0 N–H and O–H groups in total. The quantitative estimate of drug-likeness (QED) is 0.757. The van der Waals surface area contributed by atoms with Gasteiger partial charge in [-0.3, -0.25) is 0 Å². The number of methoxy groups -OCH3 is 1. The first-order valence-corrected chi connectivity index (χ1v) is 9.52. The Balaban J connectivity index is 1.76. The Morgan fingerprint density at radius 2 is 1.80 bits per heavy atom. The van der Waals surface area contributed by atoms with Crippen molar-refractivity contribution < 1.29 is 28.5 Å². The van der Waals surface area contributed by atoms with Crippen LogP contribution in [0.4, 0.5) is 0 Å². The van der Waals surface area contributed by atoms with E-state index in [0.29, 0.717) is 11.3 Å². The minimum Gasteiger partial charge on any atom is -0.497 e. The molecule has 2 aliphatic rings. The van der Waals surface area contributed by atoms with E-state index in [2.05, 4.69) is 0 Å². The molecule has 3 rings (SSSR count). The molecular weight excluding hydrogens is 344 g/mol. The largest absolute Gasteiger partial charge is 0.497 e. The fraction of sp³-hybridized carbons (Fsp3) is 0.611. The number of thioether (sulfide) groups is 1. The van der Waals surface area contributed by atoms with Crippen molar-refractivity contribution in [3.8, 4) is 5.75 Å². The molecule has 0 radical (unpaired) electrons. The van der Waals surface area contributed by atoms with E-state index in [9.17, 15) is 4.79 Å². The molecule has 25 heavy (non-hydrogen) atoms. The first kappa shape index (κ1) is 18.5. The van der Waals surface area contributed by atoms with Crippen molar-refractivity contribution >= 4 is 17.7 Å². The number of hydrogen-bond donors (Lipinski definition) is 0. The summed E-state index contributed by atoms with van der Waals surface area (Å²) in [5.74, 6) is -0.470. The van der Waals surface area contributed by atoms with E-state index in [-0.39, 0.29) is 23.7 Å². The fourth-order valence-corrected chi connectivity index (χ4v) is 3.95. The van der Waals surface area contributed by atoms with Gasteiger partial charge in [0, 0.05) is 0 Å². The second-order valence-electron chi connectivity index (χ2n) is 6.61. The van der Waals surface area contributed by atoms with Crippen molar-refractivity contribution in [3.63, 3.8) is 0 Å². The van der Waals surface area contributed by atoms with E-state index in [0.717, 1.165) is 0 Å². The Kier molecular flexibility index (Phi) is 5.29. The van der Waals surface area contributed by atoms with Crippen molar-refractivity contribution in [2.45, 2.75) is 56.4 Å². The third-order valence-electron chi connectivity index (χ3n) is 4.37. The van der Waals surface area contributed by atoms with Crippen LogP contribution in [-0.4, -0.2) is 55.0 Å². The first-order chi connectivity index (χ1) is 11.8. The zero-order valence-electron chi connectivity index (χ0n) is 15.1. The smallest absolute Gasteiger partial charge is 0.338 e. The molecule has 1 aromatic rings. The first-order valence-electron chi connectivity index (χ1n) is 8.23. The third kappa shape index (κ3) is 3.79. The van der Waals surface area contributed by atoms with Gasteiger partial charge in [0.25, 0.3) is 0 Å². The highest BCUT2D eigenvalue weighted by molar-refractivity contribution is 7.99. The number of rotatable bonds is 4. The molecular formula is C18H24O6S. The molecule has 2 heterocycles. The minimum atomic E-state index is -0.735. The maximum atomic E-state index is 12.5. The summed E-state index contributed by atoms with van der Waals surface area (Å²) >= 11 is 1.57. The fourth-order valence-electron chi connectivity index (χ4n) is 3.19. The van der Waals surface area contributed by atoms with Crippen LogP contribution in [0, 0.1) is 0 Å². The van der Waals surface area contributed by atoms with Crippen LogP contribution in [0.5, 0.6) is 5.75 Å². The number of carbonyl (C=O) groups is 1. The molecule has 0 aliphatic carbocycles. The van der Waals surface area contributed by atoms with Gasteiger partial charge in [0.05, 0.1) is 18.8 Å². The van der Waals surface area contributed by atoms with Crippen LogP contribution in [0.2, 0.25) is 0 Å². The Morgan fingerprint density at radius 3 is 2.40 bits per heavy atom. The molecule has 2 saturated heterocycles. The zero-order chi connectivity index (χ0) is 18.2. The third-order valence-corrected chi connectivity index (χ3v) is 5.21. The second kappa shape index (κ2) is 7.15. The maximum Gasteiger partial charge on any atom is 0.338 e. The van der Waals surface area contributed by atoms with Crippen LogP contribution < -0.4 is 4.74 Å². The topological polar surface area (TPSA) is 63.2 Å². The lowest BCUT2D eigenvalue weighted by Crippen LogP contribution is -2.55. The number of hydrogen-bond acceptors (Lipinski definition) is 7. The summed E-state index contributed by atoms with van der Waals surface area (Å²) in [5.41, 5.74) is 0.299. The normalized spacial score (nSPS) is 33.6. The molecule has 7 heteroatoms. The highest BCUT2D eigenvalue weighted by Gasteiger charge is 2.55. The summed E-state index contributed by atoms with van der Waals surface area (Å²) in [5, 5.41) is 0. The van der Waals surface area contributed by atoms with E-state index in [1.54, 1.807) is 43.1 Å². The van der Waals surface area contributed by atoms with Crippen molar-refractivity contribution in [1.29, 1.82) is 0 Å². The van der Waals surface area contributed by atoms with Gasteiger partial charge < -0.3 is 23.7 Å². The average Bonchev–Trinajstić information content (AvgIpc) is 2.92.